The fourth-order valence-electron chi connectivity index (χ4n) is 2.97. The summed E-state index contributed by atoms with van der Waals surface area (Å²) in [6.07, 6.45) is -0.0673. The SMILES string of the molecule is CN1CCN2C[C@@H](c3ccc(F)c(C#N)c3)OCC2C1. The molecule has 3 rings (SSSR count). The summed E-state index contributed by atoms with van der Waals surface area (Å²) in [5.74, 6) is -0.468. The molecular weight excluding hydrogens is 257 g/mol. The lowest BCUT2D eigenvalue weighted by atomic mass is 10.0. The number of halogens is 1. The second-order valence-corrected chi connectivity index (χ2v) is 5.58. The van der Waals surface area contributed by atoms with Crippen molar-refractivity contribution in [1.29, 1.82) is 5.26 Å². The van der Waals surface area contributed by atoms with Crippen LogP contribution in [0.2, 0.25) is 0 Å². The van der Waals surface area contributed by atoms with Crippen molar-refractivity contribution in [1.82, 2.24) is 9.80 Å². The largest absolute Gasteiger partial charge is 0.371 e. The van der Waals surface area contributed by atoms with Crippen LogP contribution < -0.4 is 0 Å². The van der Waals surface area contributed by atoms with Gasteiger partial charge in [0.15, 0.2) is 0 Å². The quantitative estimate of drug-likeness (QED) is 0.776. The van der Waals surface area contributed by atoms with Gasteiger partial charge < -0.3 is 9.64 Å². The molecule has 2 heterocycles. The van der Waals surface area contributed by atoms with Gasteiger partial charge in [-0.3, -0.25) is 4.90 Å². The Kier molecular flexibility index (Phi) is 3.70. The summed E-state index contributed by atoms with van der Waals surface area (Å²) in [6.45, 7) is 4.63. The van der Waals surface area contributed by atoms with E-state index in [1.54, 1.807) is 12.1 Å². The zero-order valence-corrected chi connectivity index (χ0v) is 11.6. The highest BCUT2D eigenvalue weighted by Gasteiger charge is 2.33. The Morgan fingerprint density at radius 3 is 3.00 bits per heavy atom. The standard InChI is InChI=1S/C15H18FN3O/c1-18-4-5-19-9-15(20-10-13(19)8-18)11-2-3-14(16)12(6-11)7-17/h2-3,6,13,15H,4-5,8-10H2,1H3/t13?,15-/m0/s1. The molecule has 2 saturated heterocycles. The number of hydrogen-bond acceptors (Lipinski definition) is 4. The second kappa shape index (κ2) is 5.49. The Labute approximate surface area is 118 Å². The van der Waals surface area contributed by atoms with Crippen LogP contribution in [0.3, 0.4) is 0 Å². The Morgan fingerprint density at radius 1 is 1.35 bits per heavy atom. The molecule has 106 valence electrons. The number of rotatable bonds is 1. The highest BCUT2D eigenvalue weighted by molar-refractivity contribution is 5.35. The maximum absolute atomic E-state index is 13.4. The molecule has 0 radical (unpaired) electrons. The molecule has 0 bridgehead atoms. The van der Waals surface area contributed by atoms with E-state index in [2.05, 4.69) is 16.8 Å². The van der Waals surface area contributed by atoms with Crippen LogP contribution in [0, 0.1) is 17.1 Å². The van der Waals surface area contributed by atoms with Crippen LogP contribution in [0.5, 0.6) is 0 Å². The zero-order chi connectivity index (χ0) is 14.1. The van der Waals surface area contributed by atoms with Gasteiger partial charge in [-0.15, -0.1) is 0 Å². The van der Waals surface area contributed by atoms with E-state index < -0.39 is 5.82 Å². The van der Waals surface area contributed by atoms with Crippen LogP contribution >= 0.6 is 0 Å². The number of hydrogen-bond donors (Lipinski definition) is 0. The number of benzene rings is 1. The van der Waals surface area contributed by atoms with Crippen LogP contribution in [0.25, 0.3) is 0 Å². The van der Waals surface area contributed by atoms with Crippen molar-refractivity contribution in [3.05, 3.63) is 35.1 Å². The molecule has 2 fully saturated rings. The molecular formula is C15H18FN3O. The van der Waals surface area contributed by atoms with E-state index >= 15 is 0 Å². The summed E-state index contributed by atoms with van der Waals surface area (Å²) >= 11 is 0. The lowest BCUT2D eigenvalue weighted by molar-refractivity contribution is -0.0872. The van der Waals surface area contributed by atoms with Crippen molar-refractivity contribution in [2.24, 2.45) is 0 Å². The summed E-state index contributed by atoms with van der Waals surface area (Å²) in [6, 6.07) is 7.01. The molecule has 2 aliphatic rings. The number of likely N-dealkylation sites (N-methyl/N-ethyl adjacent to an activating group) is 1. The number of nitrogens with zero attached hydrogens (tertiary/aromatic N) is 3. The summed E-state index contributed by atoms with van der Waals surface area (Å²) in [7, 11) is 2.13. The molecule has 0 spiro atoms. The minimum atomic E-state index is -0.468. The topological polar surface area (TPSA) is 39.5 Å². The Balaban J connectivity index is 1.75. The maximum Gasteiger partial charge on any atom is 0.140 e. The number of ether oxygens (including phenoxy) is 1. The van der Waals surface area contributed by atoms with Gasteiger partial charge in [0.1, 0.15) is 11.9 Å². The predicted octanol–water partition coefficient (Wildman–Crippen LogP) is 1.38. The second-order valence-electron chi connectivity index (χ2n) is 5.58. The molecule has 2 aliphatic heterocycles. The highest BCUT2D eigenvalue weighted by Crippen LogP contribution is 2.27. The Bertz CT molecular complexity index is 542. The molecule has 1 aromatic carbocycles. The minimum absolute atomic E-state index is 0.0673. The van der Waals surface area contributed by atoms with E-state index in [-0.39, 0.29) is 11.7 Å². The fourth-order valence-corrected chi connectivity index (χ4v) is 2.97. The van der Waals surface area contributed by atoms with Crippen LogP contribution in [0.1, 0.15) is 17.2 Å². The summed E-state index contributed by atoms with van der Waals surface area (Å²) in [4.78, 5) is 4.75. The monoisotopic (exact) mass is 275 g/mol. The van der Waals surface area contributed by atoms with E-state index in [0.29, 0.717) is 12.6 Å². The molecule has 0 saturated carbocycles. The van der Waals surface area contributed by atoms with Gasteiger partial charge in [-0.25, -0.2) is 4.39 Å². The van der Waals surface area contributed by atoms with Gasteiger partial charge in [-0.1, -0.05) is 6.07 Å². The highest BCUT2D eigenvalue weighted by atomic mass is 19.1. The first kappa shape index (κ1) is 13.5. The van der Waals surface area contributed by atoms with E-state index in [4.69, 9.17) is 10.00 Å². The normalized spacial score (nSPS) is 27.9. The van der Waals surface area contributed by atoms with Gasteiger partial charge in [0.25, 0.3) is 0 Å². The lowest BCUT2D eigenvalue weighted by Gasteiger charge is -2.45. The molecule has 1 aromatic rings. The van der Waals surface area contributed by atoms with E-state index in [1.165, 1.54) is 6.07 Å². The molecule has 0 aliphatic carbocycles. The van der Waals surface area contributed by atoms with Crippen molar-refractivity contribution >= 4 is 0 Å². The third-order valence-corrected chi connectivity index (χ3v) is 4.18. The van der Waals surface area contributed by atoms with Crippen LogP contribution in [0.4, 0.5) is 4.39 Å². The summed E-state index contributed by atoms with van der Waals surface area (Å²) < 4.78 is 19.3. The smallest absolute Gasteiger partial charge is 0.140 e. The molecule has 20 heavy (non-hydrogen) atoms. The fraction of sp³-hybridized carbons (Fsp3) is 0.533. The van der Waals surface area contributed by atoms with Crippen molar-refractivity contribution in [3.8, 4) is 6.07 Å². The molecule has 2 atom stereocenters. The first-order valence-corrected chi connectivity index (χ1v) is 6.91. The lowest BCUT2D eigenvalue weighted by Crippen LogP contribution is -2.57. The molecule has 0 amide bonds. The molecule has 0 aromatic heterocycles. The van der Waals surface area contributed by atoms with Crippen LogP contribution in [-0.2, 0) is 4.74 Å². The average Bonchev–Trinajstić information content (AvgIpc) is 2.47. The molecule has 1 unspecified atom stereocenters. The number of piperazine rings is 1. The van der Waals surface area contributed by atoms with E-state index in [9.17, 15) is 4.39 Å². The first-order valence-electron chi connectivity index (χ1n) is 6.91. The van der Waals surface area contributed by atoms with Gasteiger partial charge >= 0.3 is 0 Å². The van der Waals surface area contributed by atoms with Crippen molar-refractivity contribution in [2.45, 2.75) is 12.1 Å². The third kappa shape index (κ3) is 2.55. The van der Waals surface area contributed by atoms with E-state index in [1.807, 2.05) is 6.07 Å². The van der Waals surface area contributed by atoms with Crippen molar-refractivity contribution in [2.75, 3.05) is 39.8 Å². The Morgan fingerprint density at radius 2 is 2.20 bits per heavy atom. The minimum Gasteiger partial charge on any atom is -0.371 e. The predicted molar refractivity (Wildman–Crippen MR) is 72.7 cm³/mol. The van der Waals surface area contributed by atoms with E-state index in [0.717, 1.165) is 31.7 Å². The summed E-state index contributed by atoms with van der Waals surface area (Å²) in [5, 5.41) is 8.91. The first-order chi connectivity index (χ1) is 9.67. The summed E-state index contributed by atoms with van der Waals surface area (Å²) in [5.41, 5.74) is 0.979. The number of morpholine rings is 1. The molecule has 0 N–H and O–H groups in total. The molecule has 4 nitrogen and oxygen atoms in total. The molecule has 5 heteroatoms. The van der Waals surface area contributed by atoms with Gasteiger partial charge in [0, 0.05) is 32.2 Å². The maximum atomic E-state index is 13.4. The number of nitriles is 1. The Hall–Kier alpha value is -1.48. The van der Waals surface area contributed by atoms with Gasteiger partial charge in [0.05, 0.1) is 18.3 Å². The third-order valence-electron chi connectivity index (χ3n) is 4.18. The van der Waals surface area contributed by atoms with Crippen LogP contribution in [0.15, 0.2) is 18.2 Å². The van der Waals surface area contributed by atoms with Gasteiger partial charge in [0.2, 0.25) is 0 Å². The average molecular weight is 275 g/mol. The van der Waals surface area contributed by atoms with Crippen LogP contribution in [-0.4, -0.2) is 55.7 Å². The van der Waals surface area contributed by atoms with Crippen molar-refractivity contribution < 1.29 is 9.13 Å². The van der Waals surface area contributed by atoms with Gasteiger partial charge in [-0.2, -0.15) is 5.26 Å². The van der Waals surface area contributed by atoms with Crippen molar-refractivity contribution in [3.63, 3.8) is 0 Å². The van der Waals surface area contributed by atoms with Gasteiger partial charge in [-0.05, 0) is 24.7 Å². The number of fused-ring (bicyclic) bond motifs is 1. The zero-order valence-electron chi connectivity index (χ0n) is 11.6.